The van der Waals surface area contributed by atoms with E-state index < -0.39 is 11.6 Å². The summed E-state index contributed by atoms with van der Waals surface area (Å²) in [5, 5.41) is 12.7. The lowest BCUT2D eigenvalue weighted by molar-refractivity contribution is 0.431. The van der Waals surface area contributed by atoms with Crippen LogP contribution in [0.2, 0.25) is 5.02 Å². The first-order valence-corrected chi connectivity index (χ1v) is 4.70. The van der Waals surface area contributed by atoms with Crippen LogP contribution in [0.3, 0.4) is 0 Å². The summed E-state index contributed by atoms with van der Waals surface area (Å²) in [4.78, 5) is 2.55. The zero-order chi connectivity index (χ0) is 12.0. The molecule has 1 aromatic rings. The Bertz CT molecular complexity index is 501. The summed E-state index contributed by atoms with van der Waals surface area (Å²) >= 11 is 5.60. The van der Waals surface area contributed by atoms with E-state index in [1.54, 1.807) is 0 Å². The molecule has 0 aliphatic carbocycles. The third kappa shape index (κ3) is 3.35. The van der Waals surface area contributed by atoms with E-state index in [0.29, 0.717) is 6.42 Å². The number of hydrogen-bond acceptors (Lipinski definition) is 2. The summed E-state index contributed by atoms with van der Waals surface area (Å²) in [6.07, 6.45) is 0.331. The van der Waals surface area contributed by atoms with E-state index in [2.05, 4.69) is 21.9 Å². The SMILES string of the molecule is [N-]=[N+]=NCCC#Cc1cc(Cl)cc(F)c1O. The van der Waals surface area contributed by atoms with Crippen molar-refractivity contribution in [2.45, 2.75) is 6.42 Å². The molecule has 6 heteroatoms. The number of aromatic hydroxyl groups is 1. The molecular weight excluding hydrogens is 233 g/mol. The average Bonchev–Trinajstić information content (AvgIpc) is 2.24. The number of rotatable bonds is 2. The quantitative estimate of drug-likeness (QED) is 0.278. The van der Waals surface area contributed by atoms with Gasteiger partial charge in [-0.25, -0.2) is 4.39 Å². The van der Waals surface area contributed by atoms with Crippen LogP contribution in [-0.2, 0) is 0 Å². The topological polar surface area (TPSA) is 69.0 Å². The normalized spacial score (nSPS) is 8.88. The van der Waals surface area contributed by atoms with Gasteiger partial charge in [-0.3, -0.25) is 0 Å². The van der Waals surface area contributed by atoms with Crippen molar-refractivity contribution >= 4 is 11.6 Å². The third-order valence-electron chi connectivity index (χ3n) is 1.65. The Kier molecular flexibility index (Phi) is 4.46. The lowest BCUT2D eigenvalue weighted by atomic mass is 10.2. The Morgan fingerprint density at radius 2 is 2.31 bits per heavy atom. The van der Waals surface area contributed by atoms with Crippen molar-refractivity contribution in [2.24, 2.45) is 5.11 Å². The van der Waals surface area contributed by atoms with Gasteiger partial charge in [0.05, 0.1) is 5.56 Å². The molecule has 0 bridgehead atoms. The van der Waals surface area contributed by atoms with Gasteiger partial charge >= 0.3 is 0 Å². The van der Waals surface area contributed by atoms with Crippen LogP contribution in [-0.4, -0.2) is 11.7 Å². The highest BCUT2D eigenvalue weighted by Gasteiger charge is 2.06. The number of nitrogens with zero attached hydrogens (tertiary/aromatic N) is 3. The van der Waals surface area contributed by atoms with Crippen molar-refractivity contribution in [3.8, 4) is 17.6 Å². The summed E-state index contributed by atoms with van der Waals surface area (Å²) in [6.45, 7) is 0.229. The Balaban J connectivity index is 2.84. The Hall–Kier alpha value is -1.89. The predicted molar refractivity (Wildman–Crippen MR) is 58.6 cm³/mol. The Morgan fingerprint density at radius 3 is 3.00 bits per heavy atom. The molecule has 4 nitrogen and oxygen atoms in total. The minimum atomic E-state index is -0.813. The van der Waals surface area contributed by atoms with Gasteiger partial charge < -0.3 is 5.11 Å². The first kappa shape index (κ1) is 12.2. The predicted octanol–water partition coefficient (Wildman–Crippen LogP) is 3.24. The molecule has 0 atom stereocenters. The van der Waals surface area contributed by atoms with Crippen LogP contribution in [0.25, 0.3) is 10.4 Å². The summed E-state index contributed by atoms with van der Waals surface area (Å²) < 4.78 is 13.0. The van der Waals surface area contributed by atoms with Gasteiger partial charge in [-0.2, -0.15) is 0 Å². The second-order valence-corrected chi connectivity index (χ2v) is 3.23. The van der Waals surface area contributed by atoms with E-state index in [1.165, 1.54) is 6.07 Å². The van der Waals surface area contributed by atoms with Crippen molar-refractivity contribution in [3.63, 3.8) is 0 Å². The Labute approximate surface area is 96.3 Å². The van der Waals surface area contributed by atoms with Crippen LogP contribution in [0.4, 0.5) is 4.39 Å². The van der Waals surface area contributed by atoms with E-state index in [9.17, 15) is 9.50 Å². The summed E-state index contributed by atoms with van der Waals surface area (Å²) in [5.74, 6) is 3.84. The second-order valence-electron chi connectivity index (χ2n) is 2.79. The lowest BCUT2D eigenvalue weighted by Gasteiger charge is -1.99. The van der Waals surface area contributed by atoms with Crippen molar-refractivity contribution in [3.05, 3.63) is 39.0 Å². The van der Waals surface area contributed by atoms with E-state index in [4.69, 9.17) is 17.1 Å². The molecule has 0 saturated heterocycles. The molecule has 0 aromatic heterocycles. The minimum absolute atomic E-state index is 0.117. The molecule has 82 valence electrons. The fourth-order valence-electron chi connectivity index (χ4n) is 0.970. The van der Waals surface area contributed by atoms with Crippen LogP contribution in [0.1, 0.15) is 12.0 Å². The van der Waals surface area contributed by atoms with Crippen LogP contribution < -0.4 is 0 Å². The summed E-state index contributed by atoms with van der Waals surface area (Å²) in [5.41, 5.74) is 8.12. The second kappa shape index (κ2) is 5.86. The standard InChI is InChI=1S/C10H7ClFN3O/c11-8-5-7(10(16)9(12)6-8)3-1-2-4-14-15-13/h5-6,16H,2,4H2. The van der Waals surface area contributed by atoms with Gasteiger partial charge in [0.1, 0.15) is 0 Å². The van der Waals surface area contributed by atoms with Crippen LogP contribution in [0.5, 0.6) is 5.75 Å². The van der Waals surface area contributed by atoms with Gasteiger partial charge in [-0.1, -0.05) is 28.6 Å². The first-order chi connectivity index (χ1) is 7.65. The van der Waals surface area contributed by atoms with E-state index in [1.807, 2.05) is 0 Å². The van der Waals surface area contributed by atoms with E-state index >= 15 is 0 Å². The number of phenolic OH excluding ortho intramolecular Hbond substituents is 1. The smallest absolute Gasteiger partial charge is 0.167 e. The zero-order valence-electron chi connectivity index (χ0n) is 8.11. The van der Waals surface area contributed by atoms with Crippen molar-refractivity contribution in [1.82, 2.24) is 0 Å². The maximum Gasteiger partial charge on any atom is 0.167 e. The molecule has 16 heavy (non-hydrogen) atoms. The fraction of sp³-hybridized carbons (Fsp3) is 0.200. The highest BCUT2D eigenvalue weighted by molar-refractivity contribution is 6.30. The van der Waals surface area contributed by atoms with Crippen LogP contribution in [0, 0.1) is 17.7 Å². The molecule has 0 heterocycles. The summed E-state index contributed by atoms with van der Waals surface area (Å²) in [7, 11) is 0. The molecule has 0 spiro atoms. The third-order valence-corrected chi connectivity index (χ3v) is 1.87. The number of hydrogen-bond donors (Lipinski definition) is 1. The molecule has 1 aromatic carbocycles. The van der Waals surface area contributed by atoms with Crippen molar-refractivity contribution in [1.29, 1.82) is 0 Å². The minimum Gasteiger partial charge on any atom is -0.504 e. The maximum atomic E-state index is 13.0. The zero-order valence-corrected chi connectivity index (χ0v) is 8.87. The van der Waals surface area contributed by atoms with Gasteiger partial charge in [0.2, 0.25) is 0 Å². The van der Waals surface area contributed by atoms with Gasteiger partial charge in [-0.05, 0) is 17.7 Å². The number of halogens is 2. The van der Waals surface area contributed by atoms with Gasteiger partial charge in [0.25, 0.3) is 0 Å². The molecule has 0 saturated carbocycles. The van der Waals surface area contributed by atoms with Gasteiger partial charge in [0, 0.05) is 22.9 Å². The van der Waals surface area contributed by atoms with Crippen molar-refractivity contribution < 1.29 is 9.50 Å². The lowest BCUT2D eigenvalue weighted by Crippen LogP contribution is -1.83. The molecule has 0 aliphatic rings. The molecule has 1 rings (SSSR count). The number of benzene rings is 1. The van der Waals surface area contributed by atoms with Gasteiger partial charge in [-0.15, -0.1) is 0 Å². The highest BCUT2D eigenvalue weighted by Crippen LogP contribution is 2.24. The van der Waals surface area contributed by atoms with E-state index in [0.717, 1.165) is 6.07 Å². The highest BCUT2D eigenvalue weighted by atomic mass is 35.5. The van der Waals surface area contributed by atoms with Crippen LogP contribution >= 0.6 is 11.6 Å². The molecular formula is C10H7ClFN3O. The molecule has 1 N–H and O–H groups in total. The molecule has 0 amide bonds. The average molecular weight is 240 g/mol. The fourth-order valence-corrected chi connectivity index (χ4v) is 1.17. The molecule has 0 unspecified atom stereocenters. The summed E-state index contributed by atoms with van der Waals surface area (Å²) in [6, 6.07) is 2.36. The largest absolute Gasteiger partial charge is 0.504 e. The van der Waals surface area contributed by atoms with Gasteiger partial charge in [0.15, 0.2) is 11.6 Å². The van der Waals surface area contributed by atoms with E-state index in [-0.39, 0.29) is 17.1 Å². The number of phenols is 1. The maximum absolute atomic E-state index is 13.0. The molecule has 0 fully saturated rings. The monoisotopic (exact) mass is 239 g/mol. The first-order valence-electron chi connectivity index (χ1n) is 4.33. The number of azide groups is 1. The Morgan fingerprint density at radius 1 is 1.56 bits per heavy atom. The molecule has 0 aliphatic heterocycles. The molecule has 0 radical (unpaired) electrons. The van der Waals surface area contributed by atoms with Crippen LogP contribution in [0.15, 0.2) is 17.2 Å². The van der Waals surface area contributed by atoms with Crippen molar-refractivity contribution in [2.75, 3.05) is 6.54 Å².